The first kappa shape index (κ1) is 16.8. The van der Waals surface area contributed by atoms with E-state index >= 15 is 0 Å². The lowest BCUT2D eigenvalue weighted by molar-refractivity contribution is -0.151. The second-order valence-corrected chi connectivity index (χ2v) is 6.47. The molecule has 1 heterocycles. The van der Waals surface area contributed by atoms with Crippen LogP contribution in [0.2, 0.25) is 0 Å². The van der Waals surface area contributed by atoms with Crippen molar-refractivity contribution in [3.8, 4) is 0 Å². The Labute approximate surface area is 133 Å². The number of carboxylic acid groups (broad SMARTS) is 1. The molecule has 1 N–H and O–H groups in total. The van der Waals surface area contributed by atoms with Crippen LogP contribution in [0.5, 0.6) is 0 Å². The maximum absolute atomic E-state index is 12.8. The Balaban J connectivity index is 1.74. The zero-order valence-corrected chi connectivity index (χ0v) is 13.2. The first-order valence-corrected chi connectivity index (χ1v) is 8.58. The van der Waals surface area contributed by atoms with Gasteiger partial charge in [0.1, 0.15) is 11.9 Å². The van der Waals surface area contributed by atoms with Crippen LogP contribution in [-0.4, -0.2) is 40.2 Å². The molecule has 1 aromatic rings. The number of hydrogen-bond acceptors (Lipinski definition) is 3. The Kier molecular flexibility index (Phi) is 6.24. The van der Waals surface area contributed by atoms with Crippen molar-refractivity contribution in [1.29, 1.82) is 0 Å². The molecule has 22 heavy (non-hydrogen) atoms. The van der Waals surface area contributed by atoms with E-state index in [0.717, 1.165) is 24.2 Å². The normalized spacial score (nSPS) is 18.2. The summed E-state index contributed by atoms with van der Waals surface area (Å²) in [7, 11) is 0. The number of hydrogen-bond donors (Lipinski definition) is 1. The van der Waals surface area contributed by atoms with E-state index < -0.39 is 12.0 Å². The summed E-state index contributed by atoms with van der Waals surface area (Å²) in [6.45, 7) is 0.540. The highest BCUT2D eigenvalue weighted by atomic mass is 32.2. The van der Waals surface area contributed by atoms with Gasteiger partial charge in [0, 0.05) is 24.5 Å². The summed E-state index contributed by atoms with van der Waals surface area (Å²) in [5, 5.41) is 9.17. The average Bonchev–Trinajstić information content (AvgIpc) is 2.53. The molecule has 1 aliphatic heterocycles. The largest absolute Gasteiger partial charge is 0.480 e. The van der Waals surface area contributed by atoms with Crippen molar-refractivity contribution in [2.75, 3.05) is 12.3 Å². The predicted molar refractivity (Wildman–Crippen MR) is 84.2 cm³/mol. The van der Waals surface area contributed by atoms with Crippen molar-refractivity contribution < 1.29 is 19.1 Å². The molecular formula is C16H20FNO3S. The fourth-order valence-electron chi connectivity index (χ4n) is 2.56. The predicted octanol–water partition coefficient (Wildman–Crippen LogP) is 2.91. The van der Waals surface area contributed by atoms with E-state index in [-0.39, 0.29) is 11.7 Å². The van der Waals surface area contributed by atoms with E-state index in [1.54, 1.807) is 23.9 Å². The van der Waals surface area contributed by atoms with Gasteiger partial charge in [-0.1, -0.05) is 12.1 Å². The van der Waals surface area contributed by atoms with Crippen LogP contribution in [0.25, 0.3) is 0 Å². The maximum atomic E-state index is 12.8. The fourth-order valence-corrected chi connectivity index (χ4v) is 3.45. The molecular weight excluding hydrogens is 305 g/mol. The van der Waals surface area contributed by atoms with E-state index in [0.29, 0.717) is 25.1 Å². The lowest BCUT2D eigenvalue weighted by Gasteiger charge is -2.33. The van der Waals surface area contributed by atoms with Crippen molar-refractivity contribution >= 4 is 23.6 Å². The van der Waals surface area contributed by atoms with Gasteiger partial charge in [-0.05, 0) is 37.0 Å². The first-order chi connectivity index (χ1) is 10.6. The Morgan fingerprint density at radius 3 is 2.68 bits per heavy atom. The zero-order chi connectivity index (χ0) is 15.9. The van der Waals surface area contributed by atoms with E-state index in [2.05, 4.69) is 0 Å². The van der Waals surface area contributed by atoms with Crippen LogP contribution in [0.3, 0.4) is 0 Å². The molecule has 0 bridgehead atoms. The average molecular weight is 325 g/mol. The van der Waals surface area contributed by atoms with Crippen LogP contribution in [0.15, 0.2) is 24.3 Å². The Morgan fingerprint density at radius 1 is 1.27 bits per heavy atom. The highest BCUT2D eigenvalue weighted by Gasteiger charge is 2.31. The molecule has 1 amide bonds. The first-order valence-electron chi connectivity index (χ1n) is 7.42. The second-order valence-electron chi connectivity index (χ2n) is 5.37. The standard InChI is InChI=1S/C16H20FNO3S/c17-13-6-4-12(5-7-13)11-22-10-8-15(19)18-9-2-1-3-14(18)16(20)21/h4-7,14H,1-3,8-11H2,(H,20,21). The Hall–Kier alpha value is -1.56. The summed E-state index contributed by atoms with van der Waals surface area (Å²) < 4.78 is 12.8. The summed E-state index contributed by atoms with van der Waals surface area (Å²) in [6, 6.07) is 5.64. The van der Waals surface area contributed by atoms with Crippen molar-refractivity contribution in [2.24, 2.45) is 0 Å². The van der Waals surface area contributed by atoms with Crippen LogP contribution in [0.4, 0.5) is 4.39 Å². The molecule has 6 heteroatoms. The summed E-state index contributed by atoms with van der Waals surface area (Å²) in [6.07, 6.45) is 2.62. The molecule has 0 saturated carbocycles. The number of carboxylic acids is 1. The van der Waals surface area contributed by atoms with E-state index in [4.69, 9.17) is 0 Å². The summed E-state index contributed by atoms with van der Waals surface area (Å²) in [5.41, 5.74) is 1.01. The van der Waals surface area contributed by atoms with Crippen molar-refractivity contribution in [1.82, 2.24) is 4.90 Å². The van der Waals surface area contributed by atoms with Gasteiger partial charge in [0.05, 0.1) is 0 Å². The molecule has 0 aliphatic carbocycles. The third-order valence-corrected chi connectivity index (χ3v) is 4.78. The Morgan fingerprint density at radius 2 is 2.00 bits per heavy atom. The minimum atomic E-state index is -0.910. The number of aliphatic carboxylic acids is 1. The quantitative estimate of drug-likeness (QED) is 0.817. The molecule has 1 saturated heterocycles. The van der Waals surface area contributed by atoms with Crippen LogP contribution in [0.1, 0.15) is 31.2 Å². The number of piperidine rings is 1. The lowest BCUT2D eigenvalue weighted by Crippen LogP contribution is -2.48. The molecule has 1 atom stereocenters. The zero-order valence-electron chi connectivity index (χ0n) is 12.3. The lowest BCUT2D eigenvalue weighted by atomic mass is 10.0. The van der Waals surface area contributed by atoms with Gasteiger partial charge in [0.2, 0.25) is 5.91 Å². The van der Waals surface area contributed by atoms with Gasteiger partial charge in [0.15, 0.2) is 0 Å². The molecule has 1 aliphatic rings. The molecule has 1 fully saturated rings. The fraction of sp³-hybridized carbons (Fsp3) is 0.500. The molecule has 120 valence electrons. The minimum absolute atomic E-state index is 0.0845. The third-order valence-electron chi connectivity index (χ3n) is 3.75. The molecule has 2 rings (SSSR count). The van der Waals surface area contributed by atoms with Gasteiger partial charge in [-0.2, -0.15) is 11.8 Å². The van der Waals surface area contributed by atoms with E-state index in [1.165, 1.54) is 17.0 Å². The SMILES string of the molecule is O=C(O)C1CCCCN1C(=O)CCSCc1ccc(F)cc1. The van der Waals surface area contributed by atoms with E-state index in [9.17, 15) is 19.1 Å². The maximum Gasteiger partial charge on any atom is 0.326 e. The molecule has 0 spiro atoms. The van der Waals surface area contributed by atoms with Crippen molar-refractivity contribution in [2.45, 2.75) is 37.5 Å². The molecule has 0 radical (unpaired) electrons. The molecule has 0 aromatic heterocycles. The van der Waals surface area contributed by atoms with Crippen molar-refractivity contribution in [3.63, 3.8) is 0 Å². The molecule has 4 nitrogen and oxygen atoms in total. The van der Waals surface area contributed by atoms with Gasteiger partial charge in [-0.15, -0.1) is 0 Å². The van der Waals surface area contributed by atoms with Crippen LogP contribution < -0.4 is 0 Å². The topological polar surface area (TPSA) is 57.6 Å². The highest BCUT2D eigenvalue weighted by Crippen LogP contribution is 2.20. The highest BCUT2D eigenvalue weighted by molar-refractivity contribution is 7.98. The number of rotatable bonds is 6. The number of nitrogens with zero attached hydrogens (tertiary/aromatic N) is 1. The number of amides is 1. The van der Waals surface area contributed by atoms with Crippen LogP contribution in [-0.2, 0) is 15.3 Å². The summed E-state index contributed by atoms with van der Waals surface area (Å²) in [4.78, 5) is 24.9. The number of halogens is 1. The number of likely N-dealkylation sites (tertiary alicyclic amines) is 1. The van der Waals surface area contributed by atoms with Crippen LogP contribution in [0, 0.1) is 5.82 Å². The smallest absolute Gasteiger partial charge is 0.326 e. The number of thioether (sulfide) groups is 1. The number of carbonyl (C=O) groups excluding carboxylic acids is 1. The number of benzene rings is 1. The second kappa shape index (κ2) is 8.17. The Bertz CT molecular complexity index is 521. The minimum Gasteiger partial charge on any atom is -0.480 e. The van der Waals surface area contributed by atoms with Gasteiger partial charge < -0.3 is 10.0 Å². The molecule has 1 aromatic carbocycles. The van der Waals surface area contributed by atoms with Crippen LogP contribution >= 0.6 is 11.8 Å². The van der Waals surface area contributed by atoms with Crippen molar-refractivity contribution in [3.05, 3.63) is 35.6 Å². The molecule has 1 unspecified atom stereocenters. The number of carbonyl (C=O) groups is 2. The van der Waals surface area contributed by atoms with Gasteiger partial charge in [0.25, 0.3) is 0 Å². The third kappa shape index (κ3) is 4.73. The van der Waals surface area contributed by atoms with E-state index in [1.807, 2.05) is 0 Å². The van der Waals surface area contributed by atoms with Gasteiger partial charge in [-0.25, -0.2) is 9.18 Å². The summed E-state index contributed by atoms with van der Waals surface area (Å²) >= 11 is 1.60. The summed E-state index contributed by atoms with van der Waals surface area (Å²) in [5.74, 6) is 0.106. The van der Waals surface area contributed by atoms with Gasteiger partial charge in [-0.3, -0.25) is 4.79 Å². The monoisotopic (exact) mass is 325 g/mol. The van der Waals surface area contributed by atoms with Gasteiger partial charge >= 0.3 is 5.97 Å².